The highest BCUT2D eigenvalue weighted by Crippen LogP contribution is 2.16. The average molecular weight is 227 g/mol. The van der Waals surface area contributed by atoms with Crippen LogP contribution in [0.2, 0.25) is 0 Å². The van der Waals surface area contributed by atoms with Crippen molar-refractivity contribution in [3.8, 4) is 6.07 Å². The van der Waals surface area contributed by atoms with Crippen molar-refractivity contribution in [2.45, 2.75) is 33.1 Å². The quantitative estimate of drug-likeness (QED) is 0.871. The van der Waals surface area contributed by atoms with Crippen LogP contribution in [0, 0.1) is 17.2 Å². The number of nitriles is 1. The Morgan fingerprint density at radius 2 is 2.24 bits per heavy atom. The van der Waals surface area contributed by atoms with Gasteiger partial charge in [-0.2, -0.15) is 5.26 Å². The number of benzene rings is 1. The van der Waals surface area contributed by atoms with E-state index in [0.717, 1.165) is 29.7 Å². The van der Waals surface area contributed by atoms with E-state index in [1.54, 1.807) is 0 Å². The van der Waals surface area contributed by atoms with Crippen LogP contribution in [0.5, 0.6) is 0 Å². The summed E-state index contributed by atoms with van der Waals surface area (Å²) in [4.78, 5) is 7.90. The molecule has 2 rings (SSSR count). The molecule has 1 N–H and O–H groups in total. The Morgan fingerprint density at radius 1 is 1.41 bits per heavy atom. The van der Waals surface area contributed by atoms with Crippen LogP contribution in [-0.2, 0) is 12.8 Å². The van der Waals surface area contributed by atoms with Gasteiger partial charge >= 0.3 is 0 Å². The zero-order valence-corrected chi connectivity index (χ0v) is 10.3. The van der Waals surface area contributed by atoms with Crippen molar-refractivity contribution in [2.75, 3.05) is 0 Å². The number of nitrogens with one attached hydrogen (secondary N) is 1. The van der Waals surface area contributed by atoms with Crippen LogP contribution in [0.15, 0.2) is 18.2 Å². The van der Waals surface area contributed by atoms with Gasteiger partial charge in [-0.1, -0.05) is 19.9 Å². The van der Waals surface area contributed by atoms with Crippen molar-refractivity contribution >= 4 is 11.0 Å². The molecular formula is C14H17N3. The normalized spacial score (nSPS) is 10.9. The minimum absolute atomic E-state index is 0.568. The highest BCUT2D eigenvalue weighted by atomic mass is 14.9. The van der Waals surface area contributed by atoms with Crippen LogP contribution in [0.4, 0.5) is 0 Å². The lowest BCUT2D eigenvalue weighted by Crippen LogP contribution is -1.95. The molecule has 0 saturated carbocycles. The maximum atomic E-state index is 8.57. The van der Waals surface area contributed by atoms with Crippen LogP contribution < -0.4 is 0 Å². The summed E-state index contributed by atoms with van der Waals surface area (Å²) in [6.07, 6.45) is 2.35. The predicted octanol–water partition coefficient (Wildman–Crippen LogP) is 3.22. The van der Waals surface area contributed by atoms with Crippen LogP contribution in [0.3, 0.4) is 0 Å². The Kier molecular flexibility index (Phi) is 3.43. The molecule has 0 spiro atoms. The highest BCUT2D eigenvalue weighted by molar-refractivity contribution is 5.75. The van der Waals surface area contributed by atoms with Gasteiger partial charge in [0, 0.05) is 12.8 Å². The predicted molar refractivity (Wildman–Crippen MR) is 68.6 cm³/mol. The molecule has 0 aliphatic rings. The first-order valence-electron chi connectivity index (χ1n) is 6.03. The SMILES string of the molecule is CC(C)Cc1nc2ccc(CCC#N)cc2[nH]1. The van der Waals surface area contributed by atoms with Gasteiger partial charge in [-0.3, -0.25) is 0 Å². The van der Waals surface area contributed by atoms with Gasteiger partial charge in [0.05, 0.1) is 17.1 Å². The van der Waals surface area contributed by atoms with E-state index in [0.29, 0.717) is 12.3 Å². The molecule has 0 amide bonds. The number of nitrogens with zero attached hydrogens (tertiary/aromatic N) is 2. The molecule has 0 radical (unpaired) electrons. The van der Waals surface area contributed by atoms with Crippen molar-refractivity contribution < 1.29 is 0 Å². The van der Waals surface area contributed by atoms with E-state index in [-0.39, 0.29) is 0 Å². The summed E-state index contributed by atoms with van der Waals surface area (Å²) < 4.78 is 0. The number of aromatic amines is 1. The van der Waals surface area contributed by atoms with E-state index in [9.17, 15) is 0 Å². The number of imidazole rings is 1. The Bertz CT molecular complexity index is 546. The second-order valence-corrected chi connectivity index (χ2v) is 4.79. The molecule has 1 aromatic carbocycles. The first kappa shape index (κ1) is 11.7. The largest absolute Gasteiger partial charge is 0.342 e. The minimum Gasteiger partial charge on any atom is -0.342 e. The topological polar surface area (TPSA) is 52.5 Å². The zero-order valence-electron chi connectivity index (χ0n) is 10.3. The van der Waals surface area contributed by atoms with Crippen molar-refractivity contribution in [2.24, 2.45) is 5.92 Å². The molecule has 1 heterocycles. The smallest absolute Gasteiger partial charge is 0.107 e. The van der Waals surface area contributed by atoms with E-state index < -0.39 is 0 Å². The molecule has 0 atom stereocenters. The van der Waals surface area contributed by atoms with Crippen LogP contribution >= 0.6 is 0 Å². The third kappa shape index (κ3) is 2.85. The molecule has 17 heavy (non-hydrogen) atoms. The maximum Gasteiger partial charge on any atom is 0.107 e. The molecule has 0 aliphatic carbocycles. The fraction of sp³-hybridized carbons (Fsp3) is 0.429. The third-order valence-electron chi connectivity index (χ3n) is 2.72. The molecule has 88 valence electrons. The van der Waals surface area contributed by atoms with Crippen molar-refractivity contribution in [3.63, 3.8) is 0 Å². The van der Waals surface area contributed by atoms with Crippen LogP contribution in [0.1, 0.15) is 31.7 Å². The van der Waals surface area contributed by atoms with Gasteiger partial charge in [-0.15, -0.1) is 0 Å². The second kappa shape index (κ2) is 5.01. The van der Waals surface area contributed by atoms with E-state index in [1.165, 1.54) is 5.56 Å². The summed E-state index contributed by atoms with van der Waals surface area (Å²) >= 11 is 0. The molecule has 1 aromatic heterocycles. The highest BCUT2D eigenvalue weighted by Gasteiger charge is 2.05. The van der Waals surface area contributed by atoms with E-state index in [2.05, 4.69) is 42.0 Å². The average Bonchev–Trinajstić information content (AvgIpc) is 2.66. The Morgan fingerprint density at radius 3 is 2.94 bits per heavy atom. The first-order chi connectivity index (χ1) is 8.19. The van der Waals surface area contributed by atoms with Gasteiger partial charge in [0.2, 0.25) is 0 Å². The molecule has 0 fully saturated rings. The number of H-pyrrole nitrogens is 1. The molecule has 2 aromatic rings. The van der Waals surface area contributed by atoms with Gasteiger partial charge in [0.15, 0.2) is 0 Å². The molecule has 0 unspecified atom stereocenters. The summed E-state index contributed by atoms with van der Waals surface area (Å²) in [6, 6.07) is 8.36. The maximum absolute atomic E-state index is 8.57. The molecular weight excluding hydrogens is 210 g/mol. The van der Waals surface area contributed by atoms with E-state index in [4.69, 9.17) is 5.26 Å². The van der Waals surface area contributed by atoms with Gasteiger partial charge < -0.3 is 4.98 Å². The van der Waals surface area contributed by atoms with Crippen molar-refractivity contribution in [1.29, 1.82) is 5.26 Å². The van der Waals surface area contributed by atoms with Gasteiger partial charge in [0.25, 0.3) is 0 Å². The molecule has 0 saturated heterocycles. The number of hydrogen-bond acceptors (Lipinski definition) is 2. The summed E-state index contributed by atoms with van der Waals surface area (Å²) in [6.45, 7) is 4.37. The summed E-state index contributed by atoms with van der Waals surface area (Å²) in [7, 11) is 0. The number of rotatable bonds is 4. The number of aromatic nitrogens is 2. The Hall–Kier alpha value is -1.82. The second-order valence-electron chi connectivity index (χ2n) is 4.79. The monoisotopic (exact) mass is 227 g/mol. The van der Waals surface area contributed by atoms with Crippen LogP contribution in [-0.4, -0.2) is 9.97 Å². The fourth-order valence-corrected chi connectivity index (χ4v) is 1.95. The lowest BCUT2D eigenvalue weighted by atomic mass is 10.1. The van der Waals surface area contributed by atoms with Crippen molar-refractivity contribution in [3.05, 3.63) is 29.6 Å². The molecule has 3 nitrogen and oxygen atoms in total. The van der Waals surface area contributed by atoms with Gasteiger partial charge in [-0.05, 0) is 30.0 Å². The zero-order chi connectivity index (χ0) is 12.3. The molecule has 0 bridgehead atoms. The number of hydrogen-bond donors (Lipinski definition) is 1. The first-order valence-corrected chi connectivity index (χ1v) is 6.03. The third-order valence-corrected chi connectivity index (χ3v) is 2.72. The Balaban J connectivity index is 2.25. The number of aryl methyl sites for hydroxylation is 1. The standard InChI is InChI=1S/C14H17N3/c1-10(2)8-14-16-12-6-5-11(4-3-7-15)9-13(12)17-14/h5-6,9-10H,3-4,8H2,1-2H3,(H,16,17). The molecule has 0 aliphatic heterocycles. The van der Waals surface area contributed by atoms with Crippen molar-refractivity contribution in [1.82, 2.24) is 9.97 Å². The fourth-order valence-electron chi connectivity index (χ4n) is 1.95. The number of fused-ring (bicyclic) bond motifs is 1. The van der Waals surface area contributed by atoms with E-state index in [1.807, 2.05) is 6.07 Å². The Labute approximate surface area is 101 Å². The summed E-state index contributed by atoms with van der Waals surface area (Å²) in [5.74, 6) is 1.65. The van der Waals surface area contributed by atoms with Gasteiger partial charge in [-0.25, -0.2) is 4.98 Å². The lowest BCUT2D eigenvalue weighted by molar-refractivity contribution is 0.627. The molecule has 3 heteroatoms. The van der Waals surface area contributed by atoms with Crippen LogP contribution in [0.25, 0.3) is 11.0 Å². The summed E-state index contributed by atoms with van der Waals surface area (Å²) in [5.41, 5.74) is 3.29. The summed E-state index contributed by atoms with van der Waals surface area (Å²) in [5, 5.41) is 8.57. The van der Waals surface area contributed by atoms with Gasteiger partial charge in [0.1, 0.15) is 5.82 Å². The lowest BCUT2D eigenvalue weighted by Gasteiger charge is -1.98. The van der Waals surface area contributed by atoms with E-state index >= 15 is 0 Å². The minimum atomic E-state index is 0.568.